The molecule has 4 rings (SSSR count). The second-order valence-electron chi connectivity index (χ2n) is 7.58. The standard InChI is InChI=1S/C26H25N5O3/c1-4-16-34-27-25(20-11-6-5-7-12-20)21-13-9-14-22(17-21)33-18-23-19(2)10-8-15-24(23)31-26(32)30(3)28-29-31/h4-15,17H,1,16,18H2,2-3H3. The Labute approximate surface area is 197 Å². The number of oxime groups is 1. The van der Waals surface area contributed by atoms with E-state index in [1.807, 2.05) is 79.7 Å². The molecule has 0 aliphatic carbocycles. The maximum atomic E-state index is 12.4. The van der Waals surface area contributed by atoms with Gasteiger partial charge in [0.05, 0.1) is 5.69 Å². The second kappa shape index (κ2) is 10.4. The minimum absolute atomic E-state index is 0.249. The summed E-state index contributed by atoms with van der Waals surface area (Å²) in [5, 5.41) is 12.1. The lowest BCUT2D eigenvalue weighted by molar-refractivity contribution is 0.175. The Morgan fingerprint density at radius 1 is 1.03 bits per heavy atom. The highest BCUT2D eigenvalue weighted by Gasteiger charge is 2.14. The third-order valence-corrected chi connectivity index (χ3v) is 5.22. The number of hydrogen-bond acceptors (Lipinski definition) is 6. The highest BCUT2D eigenvalue weighted by Crippen LogP contribution is 2.22. The fourth-order valence-electron chi connectivity index (χ4n) is 3.45. The molecule has 0 saturated heterocycles. The summed E-state index contributed by atoms with van der Waals surface area (Å²) in [6, 6.07) is 23.1. The fraction of sp³-hybridized carbons (Fsp3) is 0.154. The van der Waals surface area contributed by atoms with E-state index in [2.05, 4.69) is 22.2 Å². The molecule has 4 aromatic rings. The van der Waals surface area contributed by atoms with Crippen LogP contribution in [-0.2, 0) is 18.5 Å². The van der Waals surface area contributed by atoms with Crippen molar-refractivity contribution < 1.29 is 9.57 Å². The average Bonchev–Trinajstić information content (AvgIpc) is 3.19. The Morgan fingerprint density at radius 3 is 2.53 bits per heavy atom. The molecule has 0 spiro atoms. The molecule has 172 valence electrons. The van der Waals surface area contributed by atoms with Gasteiger partial charge in [-0.05, 0) is 41.1 Å². The third-order valence-electron chi connectivity index (χ3n) is 5.22. The van der Waals surface area contributed by atoms with Gasteiger partial charge in [0.25, 0.3) is 0 Å². The van der Waals surface area contributed by atoms with Gasteiger partial charge < -0.3 is 9.57 Å². The molecule has 0 N–H and O–H groups in total. The number of rotatable bonds is 9. The van der Waals surface area contributed by atoms with Crippen LogP contribution in [0.4, 0.5) is 0 Å². The van der Waals surface area contributed by atoms with Crippen molar-refractivity contribution in [2.45, 2.75) is 13.5 Å². The summed E-state index contributed by atoms with van der Waals surface area (Å²) in [4.78, 5) is 17.8. The van der Waals surface area contributed by atoms with Crippen LogP contribution in [0.3, 0.4) is 0 Å². The van der Waals surface area contributed by atoms with Gasteiger partial charge in [-0.3, -0.25) is 0 Å². The quantitative estimate of drug-likeness (QED) is 0.166. The zero-order chi connectivity index (χ0) is 23.9. The number of benzene rings is 3. The van der Waals surface area contributed by atoms with Crippen LogP contribution in [0.25, 0.3) is 5.69 Å². The Balaban J connectivity index is 1.63. The minimum atomic E-state index is -0.322. The van der Waals surface area contributed by atoms with Gasteiger partial charge in [0.15, 0.2) is 0 Å². The molecule has 0 bridgehead atoms. The number of aromatic nitrogens is 4. The molecule has 0 fully saturated rings. The molecule has 34 heavy (non-hydrogen) atoms. The van der Waals surface area contributed by atoms with Gasteiger partial charge in [-0.25, -0.2) is 4.79 Å². The Kier molecular flexibility index (Phi) is 6.98. The molecule has 1 aromatic heterocycles. The van der Waals surface area contributed by atoms with Crippen molar-refractivity contribution in [1.29, 1.82) is 0 Å². The summed E-state index contributed by atoms with van der Waals surface area (Å²) in [6.07, 6.45) is 1.65. The monoisotopic (exact) mass is 455 g/mol. The summed E-state index contributed by atoms with van der Waals surface area (Å²) in [5.74, 6) is 0.658. The lowest BCUT2D eigenvalue weighted by Crippen LogP contribution is -2.23. The SMILES string of the molecule is C=CCON=C(c1ccccc1)c1cccc(OCc2c(C)cccc2-n2nnn(C)c2=O)c1. The van der Waals surface area contributed by atoms with Crippen LogP contribution in [0.2, 0.25) is 0 Å². The van der Waals surface area contributed by atoms with Crippen molar-refractivity contribution in [3.63, 3.8) is 0 Å². The van der Waals surface area contributed by atoms with E-state index in [9.17, 15) is 4.79 Å². The van der Waals surface area contributed by atoms with Gasteiger partial charge in [-0.1, -0.05) is 72.4 Å². The molecule has 0 radical (unpaired) electrons. The van der Waals surface area contributed by atoms with E-state index in [0.29, 0.717) is 23.8 Å². The third kappa shape index (κ3) is 4.96. The van der Waals surface area contributed by atoms with Crippen molar-refractivity contribution in [3.05, 3.63) is 118 Å². The summed E-state index contributed by atoms with van der Waals surface area (Å²) in [5.41, 5.74) is 4.61. The van der Waals surface area contributed by atoms with Crippen LogP contribution in [0, 0.1) is 6.92 Å². The van der Waals surface area contributed by atoms with E-state index in [1.165, 1.54) is 9.36 Å². The first-order valence-electron chi connectivity index (χ1n) is 10.8. The van der Waals surface area contributed by atoms with Crippen LogP contribution >= 0.6 is 0 Å². The number of nitrogens with zero attached hydrogens (tertiary/aromatic N) is 5. The highest BCUT2D eigenvalue weighted by molar-refractivity contribution is 6.12. The van der Waals surface area contributed by atoms with E-state index in [-0.39, 0.29) is 12.3 Å². The van der Waals surface area contributed by atoms with Crippen molar-refractivity contribution in [2.75, 3.05) is 6.61 Å². The van der Waals surface area contributed by atoms with Gasteiger partial charge in [0.1, 0.15) is 24.7 Å². The van der Waals surface area contributed by atoms with Gasteiger partial charge >= 0.3 is 5.69 Å². The Hall–Kier alpha value is -4.46. The average molecular weight is 456 g/mol. The van der Waals surface area contributed by atoms with Crippen LogP contribution < -0.4 is 10.4 Å². The number of hydrogen-bond donors (Lipinski definition) is 0. The normalized spacial score (nSPS) is 11.3. The van der Waals surface area contributed by atoms with Crippen LogP contribution in [0.5, 0.6) is 5.75 Å². The zero-order valence-corrected chi connectivity index (χ0v) is 19.1. The molecule has 3 aromatic carbocycles. The summed E-state index contributed by atoms with van der Waals surface area (Å²) in [7, 11) is 1.56. The molecular formula is C26H25N5O3. The molecular weight excluding hydrogens is 430 g/mol. The minimum Gasteiger partial charge on any atom is -0.489 e. The Morgan fingerprint density at radius 2 is 1.79 bits per heavy atom. The predicted octanol–water partition coefficient (Wildman–Crippen LogP) is 3.81. The molecule has 0 atom stereocenters. The first-order chi connectivity index (χ1) is 16.6. The largest absolute Gasteiger partial charge is 0.489 e. The van der Waals surface area contributed by atoms with E-state index in [1.54, 1.807) is 13.1 Å². The number of aryl methyl sites for hydroxylation is 2. The van der Waals surface area contributed by atoms with Crippen molar-refractivity contribution >= 4 is 5.71 Å². The molecule has 8 heteroatoms. The maximum Gasteiger partial charge on any atom is 0.368 e. The van der Waals surface area contributed by atoms with Gasteiger partial charge in [0, 0.05) is 23.7 Å². The topological polar surface area (TPSA) is 83.5 Å². The molecule has 0 aliphatic heterocycles. The van der Waals surface area contributed by atoms with Crippen molar-refractivity contribution in [1.82, 2.24) is 19.8 Å². The van der Waals surface area contributed by atoms with Crippen LogP contribution in [0.1, 0.15) is 22.3 Å². The fourth-order valence-corrected chi connectivity index (χ4v) is 3.45. The van der Waals surface area contributed by atoms with Gasteiger partial charge in [-0.15, -0.1) is 0 Å². The van der Waals surface area contributed by atoms with E-state index in [0.717, 1.165) is 22.3 Å². The van der Waals surface area contributed by atoms with Gasteiger partial charge in [0.2, 0.25) is 0 Å². The van der Waals surface area contributed by atoms with Crippen molar-refractivity contribution in [3.8, 4) is 11.4 Å². The van der Waals surface area contributed by atoms with Crippen molar-refractivity contribution in [2.24, 2.45) is 12.2 Å². The van der Waals surface area contributed by atoms with Crippen LogP contribution in [0.15, 0.2) is 95.4 Å². The smallest absolute Gasteiger partial charge is 0.368 e. The summed E-state index contributed by atoms with van der Waals surface area (Å²) in [6.45, 7) is 6.20. The van der Waals surface area contributed by atoms with Crippen LogP contribution in [-0.4, -0.2) is 32.1 Å². The first kappa shape index (κ1) is 22.7. The molecule has 8 nitrogen and oxygen atoms in total. The summed E-state index contributed by atoms with van der Waals surface area (Å²) >= 11 is 0. The predicted molar refractivity (Wildman–Crippen MR) is 130 cm³/mol. The molecule has 0 aliphatic rings. The molecule has 1 heterocycles. The Bertz CT molecular complexity index is 1370. The van der Waals surface area contributed by atoms with E-state index >= 15 is 0 Å². The zero-order valence-electron chi connectivity index (χ0n) is 19.1. The van der Waals surface area contributed by atoms with E-state index in [4.69, 9.17) is 9.57 Å². The van der Waals surface area contributed by atoms with Gasteiger partial charge in [-0.2, -0.15) is 9.36 Å². The molecule has 0 saturated carbocycles. The molecule has 0 unspecified atom stereocenters. The highest BCUT2D eigenvalue weighted by atomic mass is 16.6. The number of tetrazole rings is 1. The summed E-state index contributed by atoms with van der Waals surface area (Å²) < 4.78 is 8.62. The lowest BCUT2D eigenvalue weighted by atomic mass is 10.0. The molecule has 0 amide bonds. The van der Waals surface area contributed by atoms with E-state index < -0.39 is 0 Å². The maximum absolute atomic E-state index is 12.4. The second-order valence-corrected chi connectivity index (χ2v) is 7.58. The first-order valence-corrected chi connectivity index (χ1v) is 10.8. The lowest BCUT2D eigenvalue weighted by Gasteiger charge is -2.14. The number of ether oxygens (including phenoxy) is 1.